The highest BCUT2D eigenvalue weighted by Gasteiger charge is 2.30. The topological polar surface area (TPSA) is 69.6 Å². The average molecular weight is 288 g/mol. The number of anilines is 1. The van der Waals surface area contributed by atoms with Gasteiger partial charge in [-0.3, -0.25) is 14.5 Å². The van der Waals surface area contributed by atoms with Crippen LogP contribution in [0.15, 0.2) is 41.4 Å². The maximum Gasteiger partial charge on any atom is 0.277 e. The number of hydrogen-bond donors (Lipinski definition) is 2. The molecule has 0 aliphatic carbocycles. The largest absolute Gasteiger partial charge is 0.395 e. The van der Waals surface area contributed by atoms with Gasteiger partial charge in [0.15, 0.2) is 0 Å². The normalized spacial score (nSPS) is 15.1. The average Bonchev–Trinajstić information content (AvgIpc) is 2.99. The summed E-state index contributed by atoms with van der Waals surface area (Å²) in [6.45, 7) is -0.219. The fourth-order valence-electron chi connectivity index (χ4n) is 2.10. The lowest BCUT2D eigenvalue weighted by Gasteiger charge is -2.13. The van der Waals surface area contributed by atoms with E-state index in [1.807, 2.05) is 29.6 Å². The Labute approximate surface area is 119 Å². The molecule has 0 unspecified atom stereocenters. The highest BCUT2D eigenvalue weighted by Crippen LogP contribution is 2.25. The smallest absolute Gasteiger partial charge is 0.277 e. The van der Waals surface area contributed by atoms with Gasteiger partial charge in [0.2, 0.25) is 0 Å². The van der Waals surface area contributed by atoms with Crippen molar-refractivity contribution in [1.82, 2.24) is 4.90 Å². The predicted octanol–water partition coefficient (Wildman–Crippen LogP) is 1.56. The summed E-state index contributed by atoms with van der Waals surface area (Å²) in [6, 6.07) is 7.79. The first kappa shape index (κ1) is 12.8. The molecule has 0 spiro atoms. The third kappa shape index (κ3) is 2.19. The van der Waals surface area contributed by atoms with Crippen molar-refractivity contribution in [1.29, 1.82) is 0 Å². The van der Waals surface area contributed by atoms with Crippen LogP contribution < -0.4 is 5.32 Å². The molecule has 2 amide bonds. The minimum absolute atomic E-state index is 0.0172. The van der Waals surface area contributed by atoms with Crippen molar-refractivity contribution in [3.63, 3.8) is 0 Å². The van der Waals surface area contributed by atoms with Gasteiger partial charge >= 0.3 is 0 Å². The Morgan fingerprint density at radius 1 is 1.25 bits per heavy atom. The zero-order chi connectivity index (χ0) is 14.1. The number of benzene rings is 1. The van der Waals surface area contributed by atoms with E-state index in [1.165, 1.54) is 6.08 Å². The highest BCUT2D eigenvalue weighted by molar-refractivity contribution is 7.17. The zero-order valence-corrected chi connectivity index (χ0v) is 11.3. The Hall–Kier alpha value is -2.18. The summed E-state index contributed by atoms with van der Waals surface area (Å²) in [6.07, 6.45) is 1.26. The van der Waals surface area contributed by atoms with E-state index in [0.29, 0.717) is 0 Å². The van der Waals surface area contributed by atoms with Gasteiger partial charge in [-0.15, -0.1) is 11.3 Å². The standard InChI is InChI=1S/C14H12N2O3S/c17-5-4-16-13(18)8-11(14(16)19)15-10-2-1-9-3-6-20-12(9)7-10/h1-3,6-8,15,17H,4-5H2. The Kier molecular flexibility index (Phi) is 3.25. The van der Waals surface area contributed by atoms with Crippen molar-refractivity contribution in [3.8, 4) is 0 Å². The number of aliphatic hydroxyl groups excluding tert-OH is 1. The molecule has 1 aliphatic heterocycles. The van der Waals surface area contributed by atoms with Crippen molar-refractivity contribution >= 4 is 38.9 Å². The first-order valence-corrected chi connectivity index (χ1v) is 6.99. The van der Waals surface area contributed by atoms with Crippen molar-refractivity contribution in [2.24, 2.45) is 0 Å². The summed E-state index contributed by atoms with van der Waals surface area (Å²) in [7, 11) is 0. The molecule has 2 N–H and O–H groups in total. The van der Waals surface area contributed by atoms with Gasteiger partial charge in [-0.1, -0.05) is 6.07 Å². The third-order valence-electron chi connectivity index (χ3n) is 3.07. The quantitative estimate of drug-likeness (QED) is 0.838. The molecule has 1 aliphatic rings. The third-order valence-corrected chi connectivity index (χ3v) is 3.95. The fraction of sp³-hybridized carbons (Fsp3) is 0.143. The maximum atomic E-state index is 12.0. The molecule has 20 heavy (non-hydrogen) atoms. The molecule has 1 aromatic heterocycles. The molecule has 0 saturated carbocycles. The number of hydrogen-bond acceptors (Lipinski definition) is 5. The predicted molar refractivity (Wildman–Crippen MR) is 77.3 cm³/mol. The second-order valence-electron chi connectivity index (χ2n) is 4.37. The Bertz CT molecular complexity index is 720. The lowest BCUT2D eigenvalue weighted by molar-refractivity contribution is -0.137. The van der Waals surface area contributed by atoms with E-state index in [0.717, 1.165) is 20.7 Å². The minimum Gasteiger partial charge on any atom is -0.395 e. The van der Waals surface area contributed by atoms with Gasteiger partial charge < -0.3 is 10.4 Å². The van der Waals surface area contributed by atoms with Crippen LogP contribution in [0, 0.1) is 0 Å². The number of carbonyl (C=O) groups is 2. The van der Waals surface area contributed by atoms with E-state index in [1.54, 1.807) is 11.3 Å². The van der Waals surface area contributed by atoms with Gasteiger partial charge in [-0.05, 0) is 29.0 Å². The van der Waals surface area contributed by atoms with Gasteiger partial charge in [0, 0.05) is 16.5 Å². The molecular weight excluding hydrogens is 276 g/mol. The molecule has 3 rings (SSSR count). The van der Waals surface area contributed by atoms with Crippen LogP contribution >= 0.6 is 11.3 Å². The van der Waals surface area contributed by atoms with Crippen LogP contribution in [0.5, 0.6) is 0 Å². The zero-order valence-electron chi connectivity index (χ0n) is 10.5. The second-order valence-corrected chi connectivity index (χ2v) is 5.32. The molecule has 0 bridgehead atoms. The number of thiophene rings is 1. The molecule has 0 atom stereocenters. The van der Waals surface area contributed by atoms with Gasteiger partial charge in [-0.2, -0.15) is 0 Å². The Morgan fingerprint density at radius 2 is 2.10 bits per heavy atom. The maximum absolute atomic E-state index is 12.0. The molecular formula is C14H12N2O3S. The lowest BCUT2D eigenvalue weighted by Crippen LogP contribution is -2.34. The first-order valence-electron chi connectivity index (χ1n) is 6.12. The molecule has 1 aromatic carbocycles. The summed E-state index contributed by atoms with van der Waals surface area (Å²) in [5.41, 5.74) is 0.998. The molecule has 0 saturated heterocycles. The van der Waals surface area contributed by atoms with Crippen molar-refractivity contribution in [3.05, 3.63) is 41.4 Å². The Morgan fingerprint density at radius 3 is 2.90 bits per heavy atom. The van der Waals surface area contributed by atoms with Crippen molar-refractivity contribution in [2.45, 2.75) is 0 Å². The Balaban J connectivity index is 1.82. The number of β-amino-alcohol motifs (C(OH)–C–C–N with tert-alkyl or cyclic N) is 1. The summed E-state index contributed by atoms with van der Waals surface area (Å²) in [5.74, 6) is -0.806. The van der Waals surface area contributed by atoms with Gasteiger partial charge in [0.1, 0.15) is 5.70 Å². The molecule has 6 heteroatoms. The number of fused-ring (bicyclic) bond motifs is 1. The van der Waals surface area contributed by atoms with Crippen LogP contribution in [-0.2, 0) is 9.59 Å². The van der Waals surface area contributed by atoms with Crippen molar-refractivity contribution < 1.29 is 14.7 Å². The van der Waals surface area contributed by atoms with Crippen LogP contribution in [0.2, 0.25) is 0 Å². The number of rotatable bonds is 4. The molecule has 0 radical (unpaired) electrons. The first-order chi connectivity index (χ1) is 9.69. The second kappa shape index (κ2) is 5.07. The summed E-state index contributed by atoms with van der Waals surface area (Å²) >= 11 is 1.61. The molecule has 102 valence electrons. The van der Waals surface area contributed by atoms with Crippen LogP contribution in [-0.4, -0.2) is 35.0 Å². The monoisotopic (exact) mass is 288 g/mol. The van der Waals surface area contributed by atoms with E-state index in [4.69, 9.17) is 5.11 Å². The molecule has 5 nitrogen and oxygen atoms in total. The lowest BCUT2D eigenvalue weighted by atomic mass is 10.2. The van der Waals surface area contributed by atoms with Crippen LogP contribution in [0.25, 0.3) is 10.1 Å². The van der Waals surface area contributed by atoms with Gasteiger partial charge in [0.05, 0.1) is 13.2 Å². The number of carbonyl (C=O) groups excluding carboxylic acids is 2. The number of imide groups is 1. The van der Waals surface area contributed by atoms with Gasteiger partial charge in [-0.25, -0.2) is 0 Å². The number of amides is 2. The summed E-state index contributed by atoms with van der Waals surface area (Å²) in [4.78, 5) is 24.6. The van der Waals surface area contributed by atoms with E-state index >= 15 is 0 Å². The van der Waals surface area contributed by atoms with E-state index in [2.05, 4.69) is 5.32 Å². The van der Waals surface area contributed by atoms with E-state index in [9.17, 15) is 9.59 Å². The van der Waals surface area contributed by atoms with Crippen LogP contribution in [0.4, 0.5) is 5.69 Å². The summed E-state index contributed by atoms with van der Waals surface area (Å²) < 4.78 is 1.11. The minimum atomic E-state index is -0.407. The molecule has 2 heterocycles. The SMILES string of the molecule is O=C1C=C(Nc2ccc3ccsc3c2)C(=O)N1CCO. The molecule has 0 fully saturated rings. The van der Waals surface area contributed by atoms with Crippen molar-refractivity contribution in [2.75, 3.05) is 18.5 Å². The number of nitrogens with zero attached hydrogens (tertiary/aromatic N) is 1. The fourth-order valence-corrected chi connectivity index (χ4v) is 2.93. The number of aliphatic hydroxyl groups is 1. The van der Waals surface area contributed by atoms with E-state index < -0.39 is 11.8 Å². The van der Waals surface area contributed by atoms with Crippen LogP contribution in [0.3, 0.4) is 0 Å². The van der Waals surface area contributed by atoms with Gasteiger partial charge in [0.25, 0.3) is 11.8 Å². The molecule has 2 aromatic rings. The number of nitrogens with one attached hydrogen (secondary N) is 1. The van der Waals surface area contributed by atoms with Crippen LogP contribution in [0.1, 0.15) is 0 Å². The highest BCUT2D eigenvalue weighted by atomic mass is 32.1. The van der Waals surface area contributed by atoms with E-state index in [-0.39, 0.29) is 18.8 Å². The summed E-state index contributed by atoms with van der Waals surface area (Å²) in [5, 5.41) is 15.0.